The van der Waals surface area contributed by atoms with Crippen molar-refractivity contribution in [1.82, 2.24) is 9.88 Å². The molecular weight excluding hydrogens is 258 g/mol. The molecule has 1 aromatic heterocycles. The highest BCUT2D eigenvalue weighted by Gasteiger charge is 2.02. The van der Waals surface area contributed by atoms with Gasteiger partial charge in [0.05, 0.1) is 0 Å². The quantitative estimate of drug-likeness (QED) is 0.834. The Morgan fingerprint density at radius 3 is 2.05 bits per heavy atom. The Kier molecular flexibility index (Phi) is 17.9. The van der Waals surface area contributed by atoms with Gasteiger partial charge in [-0.2, -0.15) is 0 Å². The van der Waals surface area contributed by atoms with E-state index in [4.69, 9.17) is 0 Å². The van der Waals surface area contributed by atoms with Crippen molar-refractivity contribution in [3.63, 3.8) is 0 Å². The molecule has 0 aromatic carbocycles. The summed E-state index contributed by atoms with van der Waals surface area (Å²) in [5.41, 5.74) is 1.24. The summed E-state index contributed by atoms with van der Waals surface area (Å²) in [6.45, 7) is 15.7. The lowest BCUT2D eigenvalue weighted by atomic mass is 10.1. The number of nitrogens with one attached hydrogen (secondary N) is 1. The van der Waals surface area contributed by atoms with Crippen LogP contribution in [0.5, 0.6) is 0 Å². The maximum Gasteiger partial charge on any atom is 0.126 e. The Morgan fingerprint density at radius 1 is 1.10 bits per heavy atom. The number of rotatable bonds is 2. The van der Waals surface area contributed by atoms with Crippen LogP contribution in [-0.4, -0.2) is 36.6 Å². The molecule has 0 radical (unpaired) electrons. The number of piperidine rings is 1. The average Bonchev–Trinajstić information content (AvgIpc) is 2.53. The van der Waals surface area contributed by atoms with Crippen LogP contribution in [0.4, 0.5) is 5.82 Å². The fourth-order valence-corrected chi connectivity index (χ4v) is 1.87. The van der Waals surface area contributed by atoms with E-state index in [0.29, 0.717) is 0 Å². The zero-order chi connectivity index (χ0) is 16.5. The number of likely N-dealkylation sites (tertiary alicyclic amines) is 1. The highest BCUT2D eigenvalue weighted by Crippen LogP contribution is 2.05. The molecule has 1 saturated heterocycles. The number of pyridine rings is 1. The maximum atomic E-state index is 4.12. The Balaban J connectivity index is 0. The molecule has 0 unspecified atom stereocenters. The van der Waals surface area contributed by atoms with Gasteiger partial charge in [0.1, 0.15) is 5.82 Å². The van der Waals surface area contributed by atoms with Crippen molar-refractivity contribution < 1.29 is 0 Å². The molecular formula is C18H37N3. The van der Waals surface area contributed by atoms with Crippen LogP contribution in [0.2, 0.25) is 0 Å². The van der Waals surface area contributed by atoms with E-state index in [2.05, 4.69) is 36.1 Å². The molecule has 1 aliphatic heterocycles. The normalized spacial score (nSPS) is 13.5. The minimum Gasteiger partial charge on any atom is -0.370 e. The molecule has 0 amide bonds. The van der Waals surface area contributed by atoms with Crippen molar-refractivity contribution in [2.24, 2.45) is 0 Å². The van der Waals surface area contributed by atoms with Gasteiger partial charge in [0, 0.05) is 12.7 Å². The van der Waals surface area contributed by atoms with E-state index in [0.717, 1.165) is 12.4 Å². The van der Waals surface area contributed by atoms with Gasteiger partial charge < -0.3 is 10.2 Å². The van der Waals surface area contributed by atoms with E-state index in [9.17, 15) is 0 Å². The van der Waals surface area contributed by atoms with E-state index < -0.39 is 0 Å². The van der Waals surface area contributed by atoms with Crippen molar-refractivity contribution in [1.29, 1.82) is 0 Å². The molecule has 1 aromatic rings. The molecule has 0 bridgehead atoms. The Hall–Kier alpha value is -1.09. The zero-order valence-corrected chi connectivity index (χ0v) is 15.4. The molecule has 0 atom stereocenters. The number of hydrogen-bond acceptors (Lipinski definition) is 3. The summed E-state index contributed by atoms with van der Waals surface area (Å²) in [7, 11) is 2.19. The van der Waals surface area contributed by atoms with Crippen molar-refractivity contribution >= 4 is 5.82 Å². The standard InChI is InChI=1S/C8H12N2.C6H13N.2C2H6/c1-3-9-8-6-7(2)4-5-10-8;1-7-5-3-2-4-6-7;2*1-2/h4-6H,3H2,1-2H3,(H,9,10);2-6H2,1H3;2*1-2H3. The Morgan fingerprint density at radius 2 is 1.67 bits per heavy atom. The fourth-order valence-electron chi connectivity index (χ4n) is 1.87. The monoisotopic (exact) mass is 295 g/mol. The van der Waals surface area contributed by atoms with Crippen molar-refractivity contribution in [2.45, 2.75) is 60.8 Å². The van der Waals surface area contributed by atoms with E-state index in [-0.39, 0.29) is 0 Å². The second-order valence-electron chi connectivity index (χ2n) is 4.61. The maximum absolute atomic E-state index is 4.12. The highest BCUT2D eigenvalue weighted by molar-refractivity contribution is 5.36. The van der Waals surface area contributed by atoms with Crippen molar-refractivity contribution in [3.8, 4) is 0 Å². The van der Waals surface area contributed by atoms with Gasteiger partial charge in [0.2, 0.25) is 0 Å². The molecule has 0 spiro atoms. The number of nitrogens with zero attached hydrogens (tertiary/aromatic N) is 2. The first-order valence-electron chi connectivity index (χ1n) is 8.57. The SMILES string of the molecule is CC.CC.CCNc1cc(C)ccn1.CN1CCCCC1. The van der Waals surface area contributed by atoms with Gasteiger partial charge >= 0.3 is 0 Å². The summed E-state index contributed by atoms with van der Waals surface area (Å²) < 4.78 is 0. The van der Waals surface area contributed by atoms with Crippen LogP contribution in [0, 0.1) is 6.92 Å². The summed E-state index contributed by atoms with van der Waals surface area (Å²) in [4.78, 5) is 6.51. The van der Waals surface area contributed by atoms with Crippen molar-refractivity contribution in [2.75, 3.05) is 32.0 Å². The van der Waals surface area contributed by atoms with E-state index >= 15 is 0 Å². The van der Waals surface area contributed by atoms with Gasteiger partial charge in [-0.3, -0.25) is 0 Å². The number of hydrogen-bond donors (Lipinski definition) is 1. The molecule has 3 nitrogen and oxygen atoms in total. The van der Waals surface area contributed by atoms with Gasteiger partial charge in [0.25, 0.3) is 0 Å². The number of aryl methyl sites for hydroxylation is 1. The molecule has 124 valence electrons. The Bertz CT molecular complexity index is 307. The first-order valence-corrected chi connectivity index (χ1v) is 8.57. The summed E-state index contributed by atoms with van der Waals surface area (Å²) in [6, 6.07) is 4.02. The molecule has 1 fully saturated rings. The molecule has 0 aliphatic carbocycles. The molecule has 0 saturated carbocycles. The lowest BCUT2D eigenvalue weighted by molar-refractivity contribution is 0.277. The molecule has 1 N–H and O–H groups in total. The van der Waals surface area contributed by atoms with E-state index in [1.54, 1.807) is 0 Å². The van der Waals surface area contributed by atoms with Crippen LogP contribution < -0.4 is 5.32 Å². The van der Waals surface area contributed by atoms with Crippen LogP contribution >= 0.6 is 0 Å². The largest absolute Gasteiger partial charge is 0.370 e. The van der Waals surface area contributed by atoms with Gasteiger partial charge in [-0.05, 0) is 64.5 Å². The summed E-state index contributed by atoms with van der Waals surface area (Å²) in [6.07, 6.45) is 6.09. The third-order valence-electron chi connectivity index (χ3n) is 2.85. The minimum atomic E-state index is 0.927. The van der Waals surface area contributed by atoms with Gasteiger partial charge in [-0.15, -0.1) is 0 Å². The number of anilines is 1. The lowest BCUT2D eigenvalue weighted by Gasteiger charge is -2.20. The van der Waals surface area contributed by atoms with E-state index in [1.165, 1.54) is 37.9 Å². The predicted molar refractivity (Wildman–Crippen MR) is 97.2 cm³/mol. The average molecular weight is 296 g/mol. The van der Waals surface area contributed by atoms with Crippen LogP contribution in [-0.2, 0) is 0 Å². The minimum absolute atomic E-state index is 0.927. The van der Waals surface area contributed by atoms with Crippen LogP contribution in [0.3, 0.4) is 0 Å². The molecule has 2 heterocycles. The second kappa shape index (κ2) is 17.0. The fraction of sp³-hybridized carbons (Fsp3) is 0.722. The highest BCUT2D eigenvalue weighted by atomic mass is 15.1. The first kappa shape index (κ1) is 22.2. The summed E-state index contributed by atoms with van der Waals surface area (Å²) in [5.74, 6) is 0.961. The first-order chi connectivity index (χ1) is 10.2. The van der Waals surface area contributed by atoms with Crippen LogP contribution in [0.1, 0.15) is 59.4 Å². The molecule has 3 heteroatoms. The van der Waals surface area contributed by atoms with Crippen LogP contribution in [0.25, 0.3) is 0 Å². The van der Waals surface area contributed by atoms with Gasteiger partial charge in [0.15, 0.2) is 0 Å². The topological polar surface area (TPSA) is 28.2 Å². The smallest absolute Gasteiger partial charge is 0.126 e. The lowest BCUT2D eigenvalue weighted by Crippen LogP contribution is -2.24. The molecule has 21 heavy (non-hydrogen) atoms. The van der Waals surface area contributed by atoms with E-state index in [1.807, 2.05) is 46.0 Å². The van der Waals surface area contributed by atoms with Crippen LogP contribution in [0.15, 0.2) is 18.3 Å². The van der Waals surface area contributed by atoms with Crippen molar-refractivity contribution in [3.05, 3.63) is 23.9 Å². The second-order valence-corrected chi connectivity index (χ2v) is 4.61. The van der Waals surface area contributed by atoms with Gasteiger partial charge in [-0.25, -0.2) is 4.98 Å². The third-order valence-corrected chi connectivity index (χ3v) is 2.85. The summed E-state index contributed by atoms with van der Waals surface area (Å²) in [5, 5.41) is 3.14. The molecule has 1 aliphatic rings. The van der Waals surface area contributed by atoms with Gasteiger partial charge in [-0.1, -0.05) is 34.1 Å². The Labute approximate surface area is 133 Å². The summed E-state index contributed by atoms with van der Waals surface area (Å²) >= 11 is 0. The third kappa shape index (κ3) is 13.6. The molecule has 2 rings (SSSR count). The zero-order valence-electron chi connectivity index (χ0n) is 15.4. The predicted octanol–water partition coefficient (Wildman–Crippen LogP) is 4.98. The number of aromatic nitrogens is 1.